The molecule has 2 aromatic carbocycles. The molecule has 6 nitrogen and oxygen atoms in total. The molecule has 0 atom stereocenters. The zero-order valence-corrected chi connectivity index (χ0v) is 15.5. The summed E-state index contributed by atoms with van der Waals surface area (Å²) in [5.41, 5.74) is 3.44. The molecule has 0 aliphatic carbocycles. The van der Waals surface area contributed by atoms with E-state index in [-0.39, 0.29) is 6.03 Å². The van der Waals surface area contributed by atoms with Gasteiger partial charge in [0.2, 0.25) is 0 Å². The van der Waals surface area contributed by atoms with Crippen LogP contribution in [0.25, 0.3) is 11.3 Å². The summed E-state index contributed by atoms with van der Waals surface area (Å²) in [5, 5.41) is 7.94. The Hall–Kier alpha value is -3.06. The number of ether oxygens (including phenoxy) is 2. The van der Waals surface area contributed by atoms with Gasteiger partial charge in [0.1, 0.15) is 0 Å². The molecule has 0 fully saturated rings. The molecule has 2 N–H and O–H groups in total. The van der Waals surface area contributed by atoms with E-state index in [9.17, 15) is 4.79 Å². The highest BCUT2D eigenvalue weighted by Crippen LogP contribution is 2.33. The molecule has 0 unspecified atom stereocenters. The van der Waals surface area contributed by atoms with Gasteiger partial charge in [-0.15, -0.1) is 11.3 Å². The zero-order valence-electron chi connectivity index (χ0n) is 14.7. The average molecular weight is 369 g/mol. The fourth-order valence-electron chi connectivity index (χ4n) is 2.44. The van der Waals surface area contributed by atoms with Gasteiger partial charge in [-0.3, -0.25) is 5.32 Å². The number of aryl methyl sites for hydroxylation is 1. The molecule has 0 saturated carbocycles. The first-order valence-corrected chi connectivity index (χ1v) is 8.79. The molecule has 134 valence electrons. The van der Waals surface area contributed by atoms with E-state index in [1.807, 2.05) is 54.8 Å². The second-order valence-corrected chi connectivity index (χ2v) is 6.41. The number of benzene rings is 2. The third-order valence-corrected chi connectivity index (χ3v) is 4.44. The fourth-order valence-corrected chi connectivity index (χ4v) is 3.16. The standard InChI is InChI=1S/C19H19N3O3S/c1-12-5-4-6-14(9-12)20-18(23)22-19-21-15(11-26-19)13-7-8-16(24-2)17(10-13)25-3/h4-11H,1-3H3,(H2,20,21,22,23). The summed E-state index contributed by atoms with van der Waals surface area (Å²) in [4.78, 5) is 16.6. The monoisotopic (exact) mass is 369 g/mol. The van der Waals surface area contributed by atoms with Crippen molar-refractivity contribution < 1.29 is 14.3 Å². The van der Waals surface area contributed by atoms with Crippen molar-refractivity contribution in [1.82, 2.24) is 4.98 Å². The average Bonchev–Trinajstić information content (AvgIpc) is 3.09. The maximum Gasteiger partial charge on any atom is 0.325 e. The number of hydrogen-bond donors (Lipinski definition) is 2. The van der Waals surface area contributed by atoms with Gasteiger partial charge in [-0.2, -0.15) is 0 Å². The lowest BCUT2D eigenvalue weighted by molar-refractivity contribution is 0.262. The van der Waals surface area contributed by atoms with Crippen LogP contribution in [0.3, 0.4) is 0 Å². The summed E-state index contributed by atoms with van der Waals surface area (Å²) in [6, 6.07) is 12.8. The number of nitrogens with zero attached hydrogens (tertiary/aromatic N) is 1. The number of aromatic nitrogens is 1. The van der Waals surface area contributed by atoms with Crippen molar-refractivity contribution in [1.29, 1.82) is 0 Å². The highest BCUT2D eigenvalue weighted by molar-refractivity contribution is 7.14. The molecule has 2 amide bonds. The van der Waals surface area contributed by atoms with Crippen LogP contribution in [-0.2, 0) is 0 Å². The third kappa shape index (κ3) is 4.12. The normalized spacial score (nSPS) is 10.3. The van der Waals surface area contributed by atoms with E-state index < -0.39 is 0 Å². The molecule has 0 spiro atoms. The van der Waals surface area contributed by atoms with Gasteiger partial charge in [0.15, 0.2) is 16.6 Å². The number of hydrogen-bond acceptors (Lipinski definition) is 5. The number of methoxy groups -OCH3 is 2. The topological polar surface area (TPSA) is 72.5 Å². The number of carbonyl (C=O) groups is 1. The quantitative estimate of drug-likeness (QED) is 0.679. The van der Waals surface area contributed by atoms with E-state index >= 15 is 0 Å². The molecule has 26 heavy (non-hydrogen) atoms. The van der Waals surface area contributed by atoms with E-state index in [1.54, 1.807) is 14.2 Å². The first-order valence-electron chi connectivity index (χ1n) is 7.91. The smallest absolute Gasteiger partial charge is 0.325 e. The summed E-state index contributed by atoms with van der Waals surface area (Å²) in [6.45, 7) is 1.97. The third-order valence-electron chi connectivity index (χ3n) is 3.68. The Kier molecular flexibility index (Phi) is 5.38. The van der Waals surface area contributed by atoms with Gasteiger partial charge in [0, 0.05) is 16.6 Å². The van der Waals surface area contributed by atoms with Crippen molar-refractivity contribution in [2.75, 3.05) is 24.9 Å². The maximum absolute atomic E-state index is 12.1. The first kappa shape index (κ1) is 17.8. The highest BCUT2D eigenvalue weighted by atomic mass is 32.1. The largest absolute Gasteiger partial charge is 0.493 e. The Morgan fingerprint density at radius 3 is 2.58 bits per heavy atom. The number of anilines is 2. The predicted molar refractivity (Wildman–Crippen MR) is 104 cm³/mol. The molecule has 7 heteroatoms. The molecule has 1 aromatic heterocycles. The number of rotatable bonds is 5. The van der Waals surface area contributed by atoms with Crippen LogP contribution < -0.4 is 20.1 Å². The van der Waals surface area contributed by atoms with Crippen LogP contribution in [0.5, 0.6) is 11.5 Å². The van der Waals surface area contributed by atoms with E-state index in [1.165, 1.54) is 11.3 Å². The van der Waals surface area contributed by atoms with E-state index in [0.717, 1.165) is 22.5 Å². The van der Waals surface area contributed by atoms with Crippen molar-refractivity contribution in [3.63, 3.8) is 0 Å². The van der Waals surface area contributed by atoms with Gasteiger partial charge >= 0.3 is 6.03 Å². The van der Waals surface area contributed by atoms with E-state index in [0.29, 0.717) is 16.6 Å². The minimum absolute atomic E-state index is 0.330. The minimum atomic E-state index is -0.330. The molecule has 0 aliphatic heterocycles. The molecular weight excluding hydrogens is 350 g/mol. The van der Waals surface area contributed by atoms with Crippen LogP contribution in [-0.4, -0.2) is 25.2 Å². The summed E-state index contributed by atoms with van der Waals surface area (Å²) in [6.07, 6.45) is 0. The molecule has 0 bridgehead atoms. The maximum atomic E-state index is 12.1. The summed E-state index contributed by atoms with van der Waals surface area (Å²) < 4.78 is 10.6. The van der Waals surface area contributed by atoms with Crippen molar-refractivity contribution in [3.05, 3.63) is 53.4 Å². The van der Waals surface area contributed by atoms with Crippen molar-refractivity contribution in [2.24, 2.45) is 0 Å². The lowest BCUT2D eigenvalue weighted by Crippen LogP contribution is -2.19. The fraction of sp³-hybridized carbons (Fsp3) is 0.158. The lowest BCUT2D eigenvalue weighted by atomic mass is 10.1. The molecular formula is C19H19N3O3S. The van der Waals surface area contributed by atoms with E-state index in [2.05, 4.69) is 15.6 Å². The van der Waals surface area contributed by atoms with Crippen molar-refractivity contribution in [2.45, 2.75) is 6.92 Å². The number of urea groups is 1. The van der Waals surface area contributed by atoms with Gasteiger partial charge in [-0.05, 0) is 42.8 Å². The predicted octanol–water partition coefficient (Wildman–Crippen LogP) is 4.78. The molecule has 3 rings (SSSR count). The SMILES string of the molecule is COc1ccc(-c2csc(NC(=O)Nc3cccc(C)c3)n2)cc1OC. The van der Waals surface area contributed by atoms with Crippen LogP contribution in [0.2, 0.25) is 0 Å². The van der Waals surface area contributed by atoms with Crippen LogP contribution in [0.1, 0.15) is 5.56 Å². The highest BCUT2D eigenvalue weighted by Gasteiger charge is 2.11. The van der Waals surface area contributed by atoms with Gasteiger partial charge in [0.25, 0.3) is 0 Å². The van der Waals surface area contributed by atoms with Crippen molar-refractivity contribution in [3.8, 4) is 22.8 Å². The van der Waals surface area contributed by atoms with Crippen LogP contribution in [0.4, 0.5) is 15.6 Å². The molecule has 0 saturated heterocycles. The Labute approximate surface area is 155 Å². The Balaban J connectivity index is 1.70. The second kappa shape index (κ2) is 7.88. The van der Waals surface area contributed by atoms with Crippen LogP contribution >= 0.6 is 11.3 Å². The van der Waals surface area contributed by atoms with Gasteiger partial charge in [0.05, 0.1) is 19.9 Å². The van der Waals surface area contributed by atoms with Gasteiger partial charge in [-0.25, -0.2) is 9.78 Å². The minimum Gasteiger partial charge on any atom is -0.493 e. The Morgan fingerprint density at radius 2 is 1.85 bits per heavy atom. The second-order valence-electron chi connectivity index (χ2n) is 5.56. The summed E-state index contributed by atoms with van der Waals surface area (Å²) in [5.74, 6) is 1.28. The first-order chi connectivity index (χ1) is 12.6. The van der Waals surface area contributed by atoms with E-state index in [4.69, 9.17) is 9.47 Å². The Morgan fingerprint density at radius 1 is 1.04 bits per heavy atom. The summed E-state index contributed by atoms with van der Waals surface area (Å²) in [7, 11) is 3.18. The Bertz CT molecular complexity index is 924. The van der Waals surface area contributed by atoms with Crippen LogP contribution in [0.15, 0.2) is 47.8 Å². The number of nitrogens with one attached hydrogen (secondary N) is 2. The molecule has 0 radical (unpaired) electrons. The van der Waals surface area contributed by atoms with Gasteiger partial charge in [-0.1, -0.05) is 12.1 Å². The number of amides is 2. The zero-order chi connectivity index (χ0) is 18.5. The van der Waals surface area contributed by atoms with Crippen molar-refractivity contribution >= 4 is 28.2 Å². The molecule has 3 aromatic rings. The summed E-state index contributed by atoms with van der Waals surface area (Å²) >= 11 is 1.35. The number of thiazole rings is 1. The van der Waals surface area contributed by atoms with Gasteiger partial charge < -0.3 is 14.8 Å². The van der Waals surface area contributed by atoms with Crippen LogP contribution in [0, 0.1) is 6.92 Å². The molecule has 1 heterocycles. The molecule has 0 aliphatic rings. The lowest BCUT2D eigenvalue weighted by Gasteiger charge is -2.08. The number of carbonyl (C=O) groups excluding carboxylic acids is 1.